The van der Waals surface area contributed by atoms with Crippen LogP contribution < -0.4 is 0 Å². The molecule has 0 radical (unpaired) electrons. The molecule has 8 N–H and O–H groups in total. The lowest BCUT2D eigenvalue weighted by molar-refractivity contribution is -0.377. The van der Waals surface area contributed by atoms with Gasteiger partial charge in [-0.1, -0.05) is 26.8 Å². The molecule has 15 heteroatoms. The number of rotatable bonds is 9. The second-order valence-electron chi connectivity index (χ2n) is 19.8. The van der Waals surface area contributed by atoms with Crippen molar-refractivity contribution in [1.82, 2.24) is 0 Å². The van der Waals surface area contributed by atoms with Crippen molar-refractivity contribution in [3.8, 4) is 0 Å². The molecule has 322 valence electrons. The van der Waals surface area contributed by atoms with Crippen molar-refractivity contribution < 1.29 is 74.1 Å². The summed E-state index contributed by atoms with van der Waals surface area (Å²) in [5.74, 6) is -0.423. The third kappa shape index (κ3) is 5.84. The standard InChI is InChI=1S/C42H64O15/c1-19-6-7-22(53-34(19)50)20(2)21-10-12-39(4)25-8-9-26-40(5,37(51)52)27(11-13-41(26)18-42(25,41)15-14-38(21,39)3)56-36-33(31(48)29(46)24(17-44)55-36)57-35-32(49)30(47)28(45)23(16-43)54-35/h6,20-33,35-36,43-49H,7-18H2,1-5H3,(H,51,52)/t20-,21+,22-,23+,24+,25-,26+,27-,28+,29+,30-,31-,32+,33+,35-,36-,38+,39-,40-,41+,42-/m0/s1. The van der Waals surface area contributed by atoms with Crippen LogP contribution in [0.5, 0.6) is 0 Å². The topological polar surface area (TPSA) is 242 Å². The smallest absolute Gasteiger partial charge is 0.333 e. The molecule has 0 amide bonds. The number of carboxylic acid groups (broad SMARTS) is 1. The summed E-state index contributed by atoms with van der Waals surface area (Å²) in [5.41, 5.74) is -0.827. The number of carboxylic acids is 1. The largest absolute Gasteiger partial charge is 0.481 e. The Morgan fingerprint density at radius 2 is 1.42 bits per heavy atom. The number of fused-ring (bicyclic) bond motifs is 2. The Labute approximate surface area is 333 Å². The molecule has 0 bridgehead atoms. The highest BCUT2D eigenvalue weighted by Gasteiger charge is 2.83. The van der Waals surface area contributed by atoms with Gasteiger partial charge in [0.05, 0.1) is 24.7 Å². The van der Waals surface area contributed by atoms with E-state index in [1.54, 1.807) is 13.8 Å². The highest BCUT2D eigenvalue weighted by atomic mass is 16.8. The van der Waals surface area contributed by atoms with Gasteiger partial charge in [0.2, 0.25) is 0 Å². The number of hydrogen-bond donors (Lipinski definition) is 8. The molecule has 57 heavy (non-hydrogen) atoms. The van der Waals surface area contributed by atoms with Gasteiger partial charge in [-0.15, -0.1) is 0 Å². The number of carbonyl (C=O) groups is 2. The molecule has 0 aromatic carbocycles. The zero-order chi connectivity index (χ0) is 41.2. The van der Waals surface area contributed by atoms with Crippen LogP contribution in [0.3, 0.4) is 0 Å². The normalized spacial score (nSPS) is 55.0. The monoisotopic (exact) mass is 808 g/mol. The molecule has 15 nitrogen and oxygen atoms in total. The van der Waals surface area contributed by atoms with Crippen LogP contribution in [-0.2, 0) is 33.3 Å². The zero-order valence-electron chi connectivity index (χ0n) is 33.7. The summed E-state index contributed by atoms with van der Waals surface area (Å²) in [7, 11) is 0. The Balaban J connectivity index is 1.03. The summed E-state index contributed by atoms with van der Waals surface area (Å²) in [6.07, 6.45) is -6.63. The van der Waals surface area contributed by atoms with Gasteiger partial charge in [-0.25, -0.2) is 4.79 Å². The molecule has 21 atom stereocenters. The Kier molecular flexibility index (Phi) is 10.6. The molecule has 8 aliphatic rings. The number of aliphatic carboxylic acids is 1. The highest BCUT2D eigenvalue weighted by molar-refractivity contribution is 5.88. The van der Waals surface area contributed by atoms with E-state index in [2.05, 4.69) is 20.8 Å². The quantitative estimate of drug-likeness (QED) is 0.121. The SMILES string of the molecule is CC1=CC[C@@H]([C@@H](C)[C@H]2CC[C@@]3(C)[C@@H]4CC[C@@H]5[C@](C)(C(=O)O)[C@@H](O[C@@H]6O[C@H](CO)[C@@H](O)[C@H](O)[C@H]6O[C@@H]6O[C@H](CO)[C@@H](O)[C@H](O)[C@H]6O)CC[C@@]56C[C@@]46CC[C@]23C)OC1=O. The number of cyclic esters (lactones) is 1. The third-order valence-electron chi connectivity index (χ3n) is 18.0. The Morgan fingerprint density at radius 1 is 0.789 bits per heavy atom. The van der Waals surface area contributed by atoms with E-state index in [0.29, 0.717) is 30.3 Å². The first kappa shape index (κ1) is 42.0. The van der Waals surface area contributed by atoms with Crippen molar-refractivity contribution in [3.05, 3.63) is 11.6 Å². The van der Waals surface area contributed by atoms with Crippen LogP contribution in [-0.4, -0.2) is 140 Å². The van der Waals surface area contributed by atoms with Crippen molar-refractivity contribution in [1.29, 1.82) is 0 Å². The fraction of sp³-hybridized carbons (Fsp3) is 0.905. The maximum Gasteiger partial charge on any atom is 0.333 e. The highest BCUT2D eigenvalue weighted by Crippen LogP contribution is 2.89. The lowest BCUT2D eigenvalue weighted by Crippen LogP contribution is -2.66. The van der Waals surface area contributed by atoms with E-state index < -0.39 is 92.1 Å². The first-order valence-electron chi connectivity index (χ1n) is 21.2. The number of aliphatic hydroxyl groups excluding tert-OH is 7. The van der Waals surface area contributed by atoms with E-state index >= 15 is 0 Å². The van der Waals surface area contributed by atoms with E-state index in [1.807, 2.05) is 6.08 Å². The number of esters is 1. The van der Waals surface area contributed by atoms with Crippen molar-refractivity contribution in [2.75, 3.05) is 13.2 Å². The van der Waals surface area contributed by atoms with Crippen molar-refractivity contribution in [2.24, 2.45) is 50.7 Å². The van der Waals surface area contributed by atoms with Gasteiger partial charge < -0.3 is 64.5 Å². The predicted molar refractivity (Wildman–Crippen MR) is 198 cm³/mol. The molecule has 5 aliphatic carbocycles. The van der Waals surface area contributed by atoms with Gasteiger partial charge in [0.1, 0.15) is 54.9 Å². The Hall–Kier alpha value is -1.76. The maximum absolute atomic E-state index is 13.7. The molecule has 3 heterocycles. The Morgan fingerprint density at radius 3 is 2.07 bits per heavy atom. The van der Waals surface area contributed by atoms with Crippen molar-refractivity contribution >= 4 is 11.9 Å². The molecule has 3 aliphatic heterocycles. The van der Waals surface area contributed by atoms with Crippen LogP contribution in [0.25, 0.3) is 0 Å². The summed E-state index contributed by atoms with van der Waals surface area (Å²) in [5, 5.41) is 84.5. The van der Waals surface area contributed by atoms with Crippen LogP contribution in [0.4, 0.5) is 0 Å². The van der Waals surface area contributed by atoms with Gasteiger partial charge in [-0.3, -0.25) is 4.79 Å². The minimum Gasteiger partial charge on any atom is -0.481 e. The average Bonchev–Trinajstić information content (AvgIpc) is 3.77. The number of ether oxygens (including phenoxy) is 5. The molecule has 8 rings (SSSR count). The van der Waals surface area contributed by atoms with Gasteiger partial charge in [-0.05, 0) is 117 Å². The minimum absolute atomic E-state index is 0.000477. The molecule has 0 aromatic rings. The zero-order valence-corrected chi connectivity index (χ0v) is 33.7. The van der Waals surface area contributed by atoms with E-state index in [4.69, 9.17) is 23.7 Å². The van der Waals surface area contributed by atoms with Gasteiger partial charge in [0.15, 0.2) is 12.6 Å². The van der Waals surface area contributed by atoms with Crippen LogP contribution in [0.15, 0.2) is 11.6 Å². The second-order valence-corrected chi connectivity index (χ2v) is 19.8. The van der Waals surface area contributed by atoms with Crippen LogP contribution in [0.2, 0.25) is 0 Å². The molecular weight excluding hydrogens is 744 g/mol. The van der Waals surface area contributed by atoms with E-state index in [0.717, 1.165) is 51.4 Å². The Bertz CT molecular complexity index is 1610. The van der Waals surface area contributed by atoms with Crippen LogP contribution >= 0.6 is 0 Å². The van der Waals surface area contributed by atoms with Gasteiger partial charge in [-0.2, -0.15) is 0 Å². The summed E-state index contributed by atoms with van der Waals surface area (Å²) in [6.45, 7) is 9.33. The van der Waals surface area contributed by atoms with E-state index in [1.165, 1.54) is 0 Å². The molecular formula is C42H64O15. The van der Waals surface area contributed by atoms with E-state index in [9.17, 15) is 50.4 Å². The summed E-state index contributed by atoms with van der Waals surface area (Å²) >= 11 is 0. The minimum atomic E-state index is -1.83. The fourth-order valence-electron chi connectivity index (χ4n) is 14.5. The second kappa shape index (κ2) is 14.4. The third-order valence-corrected chi connectivity index (χ3v) is 18.0. The van der Waals surface area contributed by atoms with E-state index in [-0.39, 0.29) is 45.6 Å². The number of hydrogen-bond acceptors (Lipinski definition) is 14. The molecule has 0 unspecified atom stereocenters. The average molecular weight is 809 g/mol. The van der Waals surface area contributed by atoms with Gasteiger partial charge in [0.25, 0.3) is 0 Å². The first-order chi connectivity index (χ1) is 26.8. The lowest BCUT2D eigenvalue weighted by atomic mass is 9.41. The van der Waals surface area contributed by atoms with Gasteiger partial charge in [0, 0.05) is 12.0 Å². The molecule has 5 saturated carbocycles. The predicted octanol–water partition coefficient (Wildman–Crippen LogP) is 1.40. The summed E-state index contributed by atoms with van der Waals surface area (Å²) < 4.78 is 29.9. The van der Waals surface area contributed by atoms with Gasteiger partial charge >= 0.3 is 11.9 Å². The summed E-state index contributed by atoms with van der Waals surface area (Å²) in [4.78, 5) is 26.2. The lowest BCUT2D eigenvalue weighted by Gasteiger charge is -2.63. The van der Waals surface area contributed by atoms with Crippen LogP contribution in [0.1, 0.15) is 98.8 Å². The first-order valence-corrected chi connectivity index (χ1v) is 21.2. The molecule has 7 fully saturated rings. The summed E-state index contributed by atoms with van der Waals surface area (Å²) in [6, 6.07) is 0. The number of aliphatic hydroxyl groups is 7. The number of carbonyl (C=O) groups excluding carboxylic acids is 1. The van der Waals surface area contributed by atoms with Crippen molar-refractivity contribution in [2.45, 2.75) is 172 Å². The maximum atomic E-state index is 13.7. The molecule has 2 spiro atoms. The van der Waals surface area contributed by atoms with Crippen LogP contribution in [0, 0.1) is 50.7 Å². The molecule has 0 aromatic heterocycles. The fourth-order valence-corrected chi connectivity index (χ4v) is 14.5. The van der Waals surface area contributed by atoms with Crippen molar-refractivity contribution in [3.63, 3.8) is 0 Å². The molecule has 2 saturated heterocycles.